The van der Waals surface area contributed by atoms with Crippen molar-refractivity contribution in [3.63, 3.8) is 0 Å². The Balaban J connectivity index is 2.02. The van der Waals surface area contributed by atoms with Gasteiger partial charge in [0.05, 0.1) is 0 Å². The predicted octanol–water partition coefficient (Wildman–Crippen LogP) is 2.06. The molecule has 1 aromatic carbocycles. The molecule has 1 aromatic rings. The van der Waals surface area contributed by atoms with E-state index in [1.165, 1.54) is 0 Å². The van der Waals surface area contributed by atoms with Crippen molar-refractivity contribution in [1.29, 1.82) is 0 Å². The van der Waals surface area contributed by atoms with Crippen LogP contribution >= 0.6 is 0 Å². The predicted molar refractivity (Wildman–Crippen MR) is 83.2 cm³/mol. The van der Waals surface area contributed by atoms with Crippen LogP contribution in [0.3, 0.4) is 0 Å². The maximum atomic E-state index is 12.3. The van der Waals surface area contributed by atoms with E-state index < -0.39 is 11.7 Å². The summed E-state index contributed by atoms with van der Waals surface area (Å²) in [7, 11) is 3.83. The van der Waals surface area contributed by atoms with Crippen LogP contribution in [0.1, 0.15) is 30.6 Å². The first-order valence-corrected chi connectivity index (χ1v) is 7.40. The molecule has 1 heterocycles. The van der Waals surface area contributed by atoms with Crippen molar-refractivity contribution in [3.05, 3.63) is 35.9 Å². The molecule has 0 aromatic heterocycles. The normalized spacial score (nSPS) is 21.2. The number of ketones is 1. The molecular formula is C17H24N2O2. The van der Waals surface area contributed by atoms with Gasteiger partial charge in [-0.05, 0) is 39.8 Å². The lowest BCUT2D eigenvalue weighted by atomic mass is 9.88. The maximum absolute atomic E-state index is 12.3. The van der Waals surface area contributed by atoms with E-state index in [9.17, 15) is 9.59 Å². The van der Waals surface area contributed by atoms with E-state index in [4.69, 9.17) is 0 Å². The zero-order valence-corrected chi connectivity index (χ0v) is 13.3. The Labute approximate surface area is 126 Å². The number of Topliss-reactive ketones (excluding diaryl/α,β-unsaturated/α-hetero) is 1. The number of carbonyl (C=O) groups excluding carboxylic acids is 2. The van der Waals surface area contributed by atoms with E-state index in [1.54, 1.807) is 36.2 Å². The summed E-state index contributed by atoms with van der Waals surface area (Å²) in [5.41, 5.74) is 0.516. The SMILES string of the molecule is CN(C[C@H]1CCN(C)C1(C)C)C(=O)C(=O)c1ccccc1. The van der Waals surface area contributed by atoms with Crippen LogP contribution in [0.15, 0.2) is 30.3 Å². The zero-order chi connectivity index (χ0) is 15.6. The summed E-state index contributed by atoms with van der Waals surface area (Å²) in [6.07, 6.45) is 1.06. The molecule has 0 bridgehead atoms. The highest BCUT2D eigenvalue weighted by Gasteiger charge is 2.40. The van der Waals surface area contributed by atoms with Crippen molar-refractivity contribution >= 4 is 11.7 Å². The van der Waals surface area contributed by atoms with Gasteiger partial charge >= 0.3 is 0 Å². The minimum absolute atomic E-state index is 0.0599. The molecule has 0 radical (unpaired) electrons. The number of likely N-dealkylation sites (N-methyl/N-ethyl adjacent to an activating group) is 1. The molecule has 0 aliphatic carbocycles. The maximum Gasteiger partial charge on any atom is 0.294 e. The van der Waals surface area contributed by atoms with Crippen LogP contribution in [0, 0.1) is 5.92 Å². The van der Waals surface area contributed by atoms with Gasteiger partial charge in [0.2, 0.25) is 5.78 Å². The highest BCUT2D eigenvalue weighted by molar-refractivity contribution is 6.42. The van der Waals surface area contributed by atoms with Crippen molar-refractivity contribution < 1.29 is 9.59 Å². The van der Waals surface area contributed by atoms with E-state index >= 15 is 0 Å². The summed E-state index contributed by atoms with van der Waals surface area (Å²) in [4.78, 5) is 28.4. The third-order valence-electron chi connectivity index (χ3n) is 4.87. The molecule has 4 nitrogen and oxygen atoms in total. The Hall–Kier alpha value is -1.68. The largest absolute Gasteiger partial charge is 0.339 e. The smallest absolute Gasteiger partial charge is 0.294 e. The van der Waals surface area contributed by atoms with Crippen molar-refractivity contribution in [2.45, 2.75) is 25.8 Å². The molecule has 0 saturated carbocycles. The molecule has 1 aliphatic rings. The topological polar surface area (TPSA) is 40.6 Å². The van der Waals surface area contributed by atoms with Crippen LogP contribution in [-0.2, 0) is 4.79 Å². The fourth-order valence-electron chi connectivity index (χ4n) is 2.92. The third-order valence-corrected chi connectivity index (χ3v) is 4.87. The number of hydrogen-bond donors (Lipinski definition) is 0. The lowest BCUT2D eigenvalue weighted by Gasteiger charge is -2.35. The van der Waals surface area contributed by atoms with Gasteiger partial charge < -0.3 is 9.80 Å². The Morgan fingerprint density at radius 3 is 2.43 bits per heavy atom. The Morgan fingerprint density at radius 1 is 1.29 bits per heavy atom. The monoisotopic (exact) mass is 288 g/mol. The average molecular weight is 288 g/mol. The number of amides is 1. The Morgan fingerprint density at radius 2 is 1.90 bits per heavy atom. The summed E-state index contributed by atoms with van der Waals surface area (Å²) in [5, 5.41) is 0. The zero-order valence-electron chi connectivity index (χ0n) is 13.3. The summed E-state index contributed by atoms with van der Waals surface area (Å²) in [5.74, 6) is -0.464. The molecule has 1 fully saturated rings. The van der Waals surface area contributed by atoms with E-state index in [2.05, 4.69) is 25.8 Å². The number of rotatable bonds is 4. The summed E-state index contributed by atoms with van der Waals surface area (Å²) in [6, 6.07) is 8.75. The molecule has 21 heavy (non-hydrogen) atoms. The van der Waals surface area contributed by atoms with E-state index in [1.807, 2.05) is 6.07 Å². The number of likely N-dealkylation sites (tertiary alicyclic amines) is 1. The van der Waals surface area contributed by atoms with Crippen LogP contribution in [0.2, 0.25) is 0 Å². The molecule has 0 N–H and O–H groups in total. The number of nitrogens with zero attached hydrogens (tertiary/aromatic N) is 2. The van der Waals surface area contributed by atoms with Crippen LogP contribution in [0.4, 0.5) is 0 Å². The van der Waals surface area contributed by atoms with Crippen molar-refractivity contribution in [1.82, 2.24) is 9.80 Å². The summed E-state index contributed by atoms with van der Waals surface area (Å²) >= 11 is 0. The van der Waals surface area contributed by atoms with Crippen molar-refractivity contribution in [2.75, 3.05) is 27.2 Å². The molecule has 0 unspecified atom stereocenters. The fourth-order valence-corrected chi connectivity index (χ4v) is 2.92. The van der Waals surface area contributed by atoms with Gasteiger partial charge in [0.1, 0.15) is 0 Å². The van der Waals surface area contributed by atoms with Crippen molar-refractivity contribution in [3.8, 4) is 0 Å². The van der Waals surface area contributed by atoms with E-state index in [-0.39, 0.29) is 5.54 Å². The van der Waals surface area contributed by atoms with Crippen LogP contribution in [0.5, 0.6) is 0 Å². The standard InChI is InChI=1S/C17H24N2O2/c1-17(2)14(10-11-19(17)4)12-18(3)16(21)15(20)13-8-6-5-7-9-13/h5-9,14H,10-12H2,1-4H3/t14-/m1/s1. The second-order valence-electron chi connectivity index (χ2n) is 6.44. The van der Waals surface area contributed by atoms with Gasteiger partial charge in [-0.1, -0.05) is 30.3 Å². The van der Waals surface area contributed by atoms with Gasteiger partial charge in [0, 0.05) is 24.7 Å². The number of hydrogen-bond acceptors (Lipinski definition) is 3. The fraction of sp³-hybridized carbons (Fsp3) is 0.529. The molecule has 4 heteroatoms. The van der Waals surface area contributed by atoms with Crippen LogP contribution in [0.25, 0.3) is 0 Å². The molecule has 1 aliphatic heterocycles. The van der Waals surface area contributed by atoms with Gasteiger partial charge in [-0.2, -0.15) is 0 Å². The Bertz CT molecular complexity index is 525. The second kappa shape index (κ2) is 5.98. The molecule has 2 rings (SSSR count). The van der Waals surface area contributed by atoms with Gasteiger partial charge in [-0.15, -0.1) is 0 Å². The second-order valence-corrected chi connectivity index (χ2v) is 6.44. The van der Waals surface area contributed by atoms with Gasteiger partial charge in [0.25, 0.3) is 5.91 Å². The Kier molecular flexibility index (Phi) is 4.47. The first-order valence-electron chi connectivity index (χ1n) is 7.40. The van der Waals surface area contributed by atoms with Crippen molar-refractivity contribution in [2.24, 2.45) is 5.92 Å². The number of benzene rings is 1. The average Bonchev–Trinajstić information content (AvgIpc) is 2.73. The van der Waals surface area contributed by atoms with E-state index in [0.29, 0.717) is 18.0 Å². The lowest BCUT2D eigenvalue weighted by molar-refractivity contribution is -0.126. The summed E-state index contributed by atoms with van der Waals surface area (Å²) < 4.78 is 0. The molecule has 1 atom stereocenters. The molecule has 1 saturated heterocycles. The summed E-state index contributed by atoms with van der Waals surface area (Å²) in [6.45, 7) is 6.05. The highest BCUT2D eigenvalue weighted by Crippen LogP contribution is 2.33. The quantitative estimate of drug-likeness (QED) is 0.629. The molecule has 0 spiro atoms. The number of carbonyl (C=O) groups is 2. The lowest BCUT2D eigenvalue weighted by Crippen LogP contribution is -2.45. The minimum Gasteiger partial charge on any atom is -0.339 e. The van der Waals surface area contributed by atoms with Crippen LogP contribution in [-0.4, -0.2) is 54.2 Å². The molecular weight excluding hydrogens is 264 g/mol. The first-order chi connectivity index (χ1) is 9.84. The highest BCUT2D eigenvalue weighted by atomic mass is 16.2. The third kappa shape index (κ3) is 3.16. The van der Waals surface area contributed by atoms with E-state index in [0.717, 1.165) is 13.0 Å². The van der Waals surface area contributed by atoms with Gasteiger partial charge in [-0.3, -0.25) is 9.59 Å². The van der Waals surface area contributed by atoms with Gasteiger partial charge in [0.15, 0.2) is 0 Å². The molecule has 1 amide bonds. The minimum atomic E-state index is -0.428. The van der Waals surface area contributed by atoms with Gasteiger partial charge in [-0.25, -0.2) is 0 Å². The first kappa shape index (κ1) is 15.7. The van der Waals surface area contributed by atoms with Crippen LogP contribution < -0.4 is 0 Å². The molecule has 114 valence electrons.